The Morgan fingerprint density at radius 1 is 1.30 bits per heavy atom. The number of morpholine rings is 1. The molecule has 2 aliphatic heterocycles. The van der Waals surface area contributed by atoms with Crippen LogP contribution in [0.15, 0.2) is 12.4 Å². The van der Waals surface area contributed by atoms with E-state index < -0.39 is 0 Å². The molecule has 0 aliphatic carbocycles. The lowest BCUT2D eigenvalue weighted by Crippen LogP contribution is -2.49. The van der Waals surface area contributed by atoms with Gasteiger partial charge in [-0.2, -0.15) is 5.10 Å². The van der Waals surface area contributed by atoms with E-state index in [1.165, 1.54) is 0 Å². The Bertz CT molecular complexity index is 643. The maximum absolute atomic E-state index is 12.5. The molecule has 0 aromatic carbocycles. The normalized spacial score (nSPS) is 28.3. The number of anilines is 1. The third-order valence-corrected chi connectivity index (χ3v) is 4.96. The van der Waals surface area contributed by atoms with Gasteiger partial charge < -0.3 is 20.3 Å². The summed E-state index contributed by atoms with van der Waals surface area (Å²) in [4.78, 5) is 26.7. The number of halogens is 1. The Balaban J connectivity index is 0.00000261. The van der Waals surface area contributed by atoms with Crippen LogP contribution in [0.25, 0.3) is 0 Å². The van der Waals surface area contributed by atoms with Crippen molar-refractivity contribution >= 4 is 29.9 Å². The summed E-state index contributed by atoms with van der Waals surface area (Å²) in [6, 6.07) is 0.359. The standard InChI is InChI=1S/C18H29N5O3.ClH/c1-12-6-15(4-5-19-12)18(25)21-16-7-20-23(10-16)11-17(24)22-8-13(2)26-14(3)9-22;/h7,10,12-15,19H,4-6,8-9,11H2,1-3H3,(H,21,25);1H/t12-,13?,14?,15-;/m0./s1. The molecule has 4 atom stereocenters. The van der Waals surface area contributed by atoms with E-state index in [1.54, 1.807) is 17.1 Å². The van der Waals surface area contributed by atoms with Crippen molar-refractivity contribution in [1.82, 2.24) is 20.0 Å². The SMILES string of the molecule is CC1CN(C(=O)Cn2cc(NC(=O)[C@H]3CCN[C@@H](C)C3)cn2)CC(C)O1.Cl. The zero-order valence-corrected chi connectivity index (χ0v) is 17.0. The lowest BCUT2D eigenvalue weighted by molar-refractivity contribution is -0.144. The highest BCUT2D eigenvalue weighted by Crippen LogP contribution is 2.18. The summed E-state index contributed by atoms with van der Waals surface area (Å²) in [6.07, 6.45) is 5.08. The summed E-state index contributed by atoms with van der Waals surface area (Å²) < 4.78 is 7.24. The highest BCUT2D eigenvalue weighted by molar-refractivity contribution is 5.92. The number of carbonyl (C=O) groups excluding carboxylic acids is 2. The first-order chi connectivity index (χ1) is 12.4. The maximum atomic E-state index is 12.5. The van der Waals surface area contributed by atoms with Crippen molar-refractivity contribution in [3.63, 3.8) is 0 Å². The van der Waals surface area contributed by atoms with Crippen LogP contribution in [-0.2, 0) is 20.9 Å². The molecule has 2 saturated heterocycles. The summed E-state index contributed by atoms with van der Waals surface area (Å²) in [5.74, 6) is 0.0627. The topological polar surface area (TPSA) is 88.5 Å². The van der Waals surface area contributed by atoms with E-state index in [0.29, 0.717) is 24.8 Å². The van der Waals surface area contributed by atoms with Gasteiger partial charge in [-0.15, -0.1) is 12.4 Å². The van der Waals surface area contributed by atoms with Crippen molar-refractivity contribution in [3.8, 4) is 0 Å². The predicted molar refractivity (Wildman–Crippen MR) is 105 cm³/mol. The molecular formula is C18H30ClN5O3. The highest BCUT2D eigenvalue weighted by atomic mass is 35.5. The molecule has 9 heteroatoms. The minimum Gasteiger partial charge on any atom is -0.372 e. The molecule has 27 heavy (non-hydrogen) atoms. The van der Waals surface area contributed by atoms with Crippen molar-refractivity contribution in [1.29, 1.82) is 0 Å². The number of piperidine rings is 1. The number of carbonyl (C=O) groups is 2. The van der Waals surface area contributed by atoms with E-state index >= 15 is 0 Å². The van der Waals surface area contributed by atoms with Gasteiger partial charge in [0.25, 0.3) is 0 Å². The quantitative estimate of drug-likeness (QED) is 0.795. The summed E-state index contributed by atoms with van der Waals surface area (Å²) in [5, 5.41) is 10.5. The molecule has 2 amide bonds. The number of aromatic nitrogens is 2. The van der Waals surface area contributed by atoms with E-state index in [-0.39, 0.29) is 48.9 Å². The fourth-order valence-electron chi connectivity index (χ4n) is 3.75. The van der Waals surface area contributed by atoms with Crippen molar-refractivity contribution < 1.29 is 14.3 Å². The fourth-order valence-corrected chi connectivity index (χ4v) is 3.75. The first kappa shape index (κ1) is 21.7. The Labute approximate surface area is 166 Å². The second-order valence-corrected chi connectivity index (χ2v) is 7.55. The van der Waals surface area contributed by atoms with E-state index in [2.05, 4.69) is 22.7 Å². The monoisotopic (exact) mass is 399 g/mol. The van der Waals surface area contributed by atoms with Gasteiger partial charge in [0.05, 0.1) is 24.1 Å². The molecule has 2 unspecified atom stereocenters. The van der Waals surface area contributed by atoms with Gasteiger partial charge in [-0.3, -0.25) is 14.3 Å². The van der Waals surface area contributed by atoms with Crippen LogP contribution in [-0.4, -0.2) is 64.4 Å². The van der Waals surface area contributed by atoms with Crippen LogP contribution in [0.2, 0.25) is 0 Å². The Morgan fingerprint density at radius 3 is 2.67 bits per heavy atom. The van der Waals surface area contributed by atoms with Crippen LogP contribution < -0.4 is 10.6 Å². The van der Waals surface area contributed by atoms with Gasteiger partial charge in [0, 0.05) is 31.2 Å². The lowest BCUT2D eigenvalue weighted by Gasteiger charge is -2.35. The number of hydrogen-bond acceptors (Lipinski definition) is 5. The maximum Gasteiger partial charge on any atom is 0.244 e. The Morgan fingerprint density at radius 2 is 2.00 bits per heavy atom. The number of nitrogens with one attached hydrogen (secondary N) is 2. The fraction of sp³-hybridized carbons (Fsp3) is 0.722. The molecule has 3 rings (SSSR count). The van der Waals surface area contributed by atoms with Crippen molar-refractivity contribution in [2.75, 3.05) is 25.0 Å². The molecule has 1 aromatic heterocycles. The van der Waals surface area contributed by atoms with Gasteiger partial charge in [0.1, 0.15) is 6.54 Å². The predicted octanol–water partition coefficient (Wildman–Crippen LogP) is 1.27. The van der Waals surface area contributed by atoms with E-state index in [4.69, 9.17) is 4.74 Å². The zero-order valence-electron chi connectivity index (χ0n) is 16.2. The first-order valence-electron chi connectivity index (χ1n) is 9.40. The van der Waals surface area contributed by atoms with E-state index in [9.17, 15) is 9.59 Å². The van der Waals surface area contributed by atoms with E-state index in [0.717, 1.165) is 19.4 Å². The van der Waals surface area contributed by atoms with Crippen molar-refractivity contribution in [2.24, 2.45) is 5.92 Å². The third kappa shape index (κ3) is 5.92. The molecule has 152 valence electrons. The molecule has 2 aliphatic rings. The summed E-state index contributed by atoms with van der Waals surface area (Å²) in [7, 11) is 0. The zero-order chi connectivity index (χ0) is 18.7. The van der Waals surface area contributed by atoms with Crippen LogP contribution >= 0.6 is 12.4 Å². The van der Waals surface area contributed by atoms with Gasteiger partial charge in [-0.05, 0) is 40.2 Å². The van der Waals surface area contributed by atoms with Gasteiger partial charge >= 0.3 is 0 Å². The highest BCUT2D eigenvalue weighted by Gasteiger charge is 2.27. The molecule has 0 saturated carbocycles. The Kier molecular flexibility index (Phi) is 7.64. The van der Waals surface area contributed by atoms with Crippen molar-refractivity contribution in [3.05, 3.63) is 12.4 Å². The molecule has 8 nitrogen and oxygen atoms in total. The average molecular weight is 400 g/mol. The largest absolute Gasteiger partial charge is 0.372 e. The van der Waals surface area contributed by atoms with Crippen molar-refractivity contribution in [2.45, 2.75) is 58.4 Å². The van der Waals surface area contributed by atoms with Gasteiger partial charge in [0.15, 0.2) is 0 Å². The smallest absolute Gasteiger partial charge is 0.244 e. The first-order valence-corrected chi connectivity index (χ1v) is 9.40. The minimum absolute atomic E-state index is 0. The van der Waals surface area contributed by atoms with Gasteiger partial charge in [0.2, 0.25) is 11.8 Å². The van der Waals surface area contributed by atoms with Crippen LogP contribution in [0.4, 0.5) is 5.69 Å². The van der Waals surface area contributed by atoms with Gasteiger partial charge in [-0.25, -0.2) is 0 Å². The van der Waals surface area contributed by atoms with Crippen LogP contribution in [0.5, 0.6) is 0 Å². The van der Waals surface area contributed by atoms with Crippen LogP contribution in [0.3, 0.4) is 0 Å². The minimum atomic E-state index is 0. The van der Waals surface area contributed by atoms with E-state index in [1.807, 2.05) is 18.7 Å². The molecule has 0 spiro atoms. The molecule has 0 bridgehead atoms. The van der Waals surface area contributed by atoms with Crippen LogP contribution in [0.1, 0.15) is 33.6 Å². The molecular weight excluding hydrogens is 370 g/mol. The number of hydrogen-bond donors (Lipinski definition) is 2. The third-order valence-electron chi connectivity index (χ3n) is 4.96. The molecule has 1 aromatic rings. The second kappa shape index (κ2) is 9.52. The average Bonchev–Trinajstić information content (AvgIpc) is 3.00. The number of ether oxygens (including phenoxy) is 1. The summed E-state index contributed by atoms with van der Waals surface area (Å²) in [6.45, 7) is 8.27. The summed E-state index contributed by atoms with van der Waals surface area (Å²) >= 11 is 0. The number of rotatable bonds is 4. The number of nitrogens with zero attached hydrogens (tertiary/aromatic N) is 3. The molecule has 3 heterocycles. The molecule has 2 fully saturated rings. The van der Waals surface area contributed by atoms with Crippen LogP contribution in [0, 0.1) is 5.92 Å². The summed E-state index contributed by atoms with van der Waals surface area (Å²) in [5.41, 5.74) is 0.637. The molecule has 0 radical (unpaired) electrons. The molecule has 2 N–H and O–H groups in total. The number of amides is 2. The lowest BCUT2D eigenvalue weighted by atomic mass is 9.92. The van der Waals surface area contributed by atoms with Gasteiger partial charge in [-0.1, -0.05) is 0 Å². The second-order valence-electron chi connectivity index (χ2n) is 7.55. The Hall–Kier alpha value is -1.64.